The molecule has 0 aromatic heterocycles. The lowest BCUT2D eigenvalue weighted by atomic mass is 9.93. The molecule has 1 heterocycles. The number of hydrogen-bond acceptors (Lipinski definition) is 3. The first-order chi connectivity index (χ1) is 10.1. The molecule has 0 radical (unpaired) electrons. The molecule has 3 nitrogen and oxygen atoms in total. The second kappa shape index (κ2) is 5.49. The molecule has 1 fully saturated rings. The summed E-state index contributed by atoms with van der Waals surface area (Å²) >= 11 is 0. The van der Waals surface area contributed by atoms with Gasteiger partial charge in [0, 0.05) is 16.9 Å². The SMILES string of the molecule is CC(C)(C)N1BN(c2ccccc2)BN1c1ccccc1. The lowest BCUT2D eigenvalue weighted by Crippen LogP contribution is -2.50. The van der Waals surface area contributed by atoms with Gasteiger partial charge in [0.2, 0.25) is 0 Å². The minimum absolute atomic E-state index is 0.0827. The molecule has 5 heteroatoms. The van der Waals surface area contributed by atoms with Gasteiger partial charge in [-0.1, -0.05) is 36.4 Å². The number of nitrogens with zero attached hydrogens (tertiary/aromatic N) is 3. The Balaban J connectivity index is 1.91. The normalized spacial score (nSPS) is 15.8. The Bertz CT molecular complexity index is 583. The number of anilines is 2. The largest absolute Gasteiger partial charge is 0.432 e. The van der Waals surface area contributed by atoms with E-state index in [4.69, 9.17) is 0 Å². The molecule has 2 aromatic rings. The van der Waals surface area contributed by atoms with Crippen molar-refractivity contribution in [2.75, 3.05) is 9.64 Å². The van der Waals surface area contributed by atoms with Crippen LogP contribution in [-0.2, 0) is 0 Å². The van der Waals surface area contributed by atoms with Crippen molar-refractivity contribution in [2.24, 2.45) is 0 Å². The molecule has 0 bridgehead atoms. The molecule has 0 atom stereocenters. The van der Waals surface area contributed by atoms with Gasteiger partial charge in [-0.3, -0.25) is 0 Å². The molecule has 0 saturated carbocycles. The highest BCUT2D eigenvalue weighted by Crippen LogP contribution is 2.28. The second-order valence-corrected chi connectivity index (χ2v) is 6.46. The minimum Gasteiger partial charge on any atom is -0.432 e. The summed E-state index contributed by atoms with van der Waals surface area (Å²) < 4.78 is 2.40. The Morgan fingerprint density at radius 1 is 0.714 bits per heavy atom. The number of benzene rings is 2. The van der Waals surface area contributed by atoms with Crippen LogP contribution < -0.4 is 9.64 Å². The monoisotopic (exact) mass is 277 g/mol. The van der Waals surface area contributed by atoms with Crippen molar-refractivity contribution in [2.45, 2.75) is 26.3 Å². The van der Waals surface area contributed by atoms with E-state index in [1.54, 1.807) is 0 Å². The van der Waals surface area contributed by atoms with E-state index in [2.05, 4.69) is 96.0 Å². The van der Waals surface area contributed by atoms with Gasteiger partial charge < -0.3 is 9.64 Å². The second-order valence-electron chi connectivity index (χ2n) is 6.46. The molecule has 0 unspecified atom stereocenters. The molecular weight excluding hydrogens is 256 g/mol. The first-order valence-corrected chi connectivity index (χ1v) is 7.46. The van der Waals surface area contributed by atoms with Crippen molar-refractivity contribution < 1.29 is 0 Å². The number of para-hydroxylation sites is 2. The van der Waals surface area contributed by atoms with Crippen LogP contribution in [-0.4, -0.2) is 25.6 Å². The van der Waals surface area contributed by atoms with Crippen molar-refractivity contribution in [1.29, 1.82) is 0 Å². The van der Waals surface area contributed by atoms with Crippen LogP contribution >= 0.6 is 0 Å². The van der Waals surface area contributed by atoms with Crippen LogP contribution in [0.3, 0.4) is 0 Å². The van der Waals surface area contributed by atoms with Crippen LogP contribution in [0, 0.1) is 0 Å². The standard InChI is InChI=1S/C16H21B2N3/c1-16(2,3)21-18-19(14-10-6-4-7-11-14)17-20(21)15-12-8-5-9-13-15/h4-13,17-18H,1-3H3. The summed E-state index contributed by atoms with van der Waals surface area (Å²) in [5, 5.41) is 0. The van der Waals surface area contributed by atoms with Crippen LogP contribution in [0.4, 0.5) is 11.4 Å². The molecule has 1 saturated heterocycles. The van der Waals surface area contributed by atoms with Crippen molar-refractivity contribution >= 4 is 26.5 Å². The van der Waals surface area contributed by atoms with Crippen molar-refractivity contribution in [3.63, 3.8) is 0 Å². The fraction of sp³-hybridized carbons (Fsp3) is 0.250. The summed E-state index contributed by atoms with van der Waals surface area (Å²) in [6, 6.07) is 21.2. The first-order valence-electron chi connectivity index (χ1n) is 7.46. The van der Waals surface area contributed by atoms with Gasteiger partial charge in [0.1, 0.15) is 0 Å². The van der Waals surface area contributed by atoms with E-state index in [-0.39, 0.29) is 5.54 Å². The number of hydrazine groups is 1. The van der Waals surface area contributed by atoms with E-state index in [0.717, 1.165) is 15.1 Å². The van der Waals surface area contributed by atoms with Crippen molar-refractivity contribution in [3.05, 3.63) is 60.7 Å². The topological polar surface area (TPSA) is 9.72 Å². The molecule has 0 N–H and O–H groups in total. The molecule has 106 valence electrons. The minimum atomic E-state index is 0.0827. The maximum Gasteiger partial charge on any atom is 0.359 e. The fourth-order valence-electron chi connectivity index (χ4n) is 2.72. The summed E-state index contributed by atoms with van der Waals surface area (Å²) in [4.78, 5) is 4.79. The summed E-state index contributed by atoms with van der Waals surface area (Å²) in [6.45, 7) is 6.78. The summed E-state index contributed by atoms with van der Waals surface area (Å²) in [7, 11) is 1.79. The van der Waals surface area contributed by atoms with E-state index in [0.29, 0.717) is 0 Å². The molecule has 21 heavy (non-hydrogen) atoms. The first kappa shape index (κ1) is 14.1. The quantitative estimate of drug-likeness (QED) is 0.781. The van der Waals surface area contributed by atoms with Crippen LogP contribution in [0.2, 0.25) is 0 Å². The Labute approximate surface area is 128 Å². The van der Waals surface area contributed by atoms with Crippen LogP contribution in [0.15, 0.2) is 60.7 Å². The van der Waals surface area contributed by atoms with Crippen LogP contribution in [0.1, 0.15) is 20.8 Å². The van der Waals surface area contributed by atoms with Gasteiger partial charge in [0.05, 0.1) is 0 Å². The van der Waals surface area contributed by atoms with Gasteiger partial charge in [0.15, 0.2) is 0 Å². The fourth-order valence-corrected chi connectivity index (χ4v) is 2.72. The van der Waals surface area contributed by atoms with E-state index in [9.17, 15) is 0 Å². The highest BCUT2D eigenvalue weighted by atomic mass is 15.6. The van der Waals surface area contributed by atoms with E-state index >= 15 is 0 Å². The Hall–Kier alpha value is -1.87. The van der Waals surface area contributed by atoms with Crippen LogP contribution in [0.5, 0.6) is 0 Å². The summed E-state index contributed by atoms with van der Waals surface area (Å²) in [5.74, 6) is 0. The molecule has 0 aliphatic carbocycles. The molecular formula is C16H21B2N3. The van der Waals surface area contributed by atoms with E-state index in [1.807, 2.05) is 0 Å². The van der Waals surface area contributed by atoms with Crippen molar-refractivity contribution in [1.82, 2.24) is 4.92 Å². The predicted octanol–water partition coefficient (Wildman–Crippen LogP) is 2.56. The Morgan fingerprint density at radius 3 is 1.76 bits per heavy atom. The van der Waals surface area contributed by atoms with Gasteiger partial charge >= 0.3 is 15.1 Å². The maximum atomic E-state index is 2.43. The van der Waals surface area contributed by atoms with Gasteiger partial charge in [-0.25, -0.2) is 4.92 Å². The highest BCUT2D eigenvalue weighted by molar-refractivity contribution is 6.69. The molecule has 1 aliphatic rings. The van der Waals surface area contributed by atoms with Gasteiger partial charge in [-0.15, -0.1) is 0 Å². The molecule has 1 aliphatic heterocycles. The van der Waals surface area contributed by atoms with Crippen molar-refractivity contribution in [3.8, 4) is 0 Å². The third-order valence-electron chi connectivity index (χ3n) is 3.85. The molecule has 3 rings (SSSR count). The number of rotatable bonds is 2. The maximum absolute atomic E-state index is 2.43. The van der Waals surface area contributed by atoms with Gasteiger partial charge in [-0.2, -0.15) is 0 Å². The summed E-state index contributed by atoms with van der Waals surface area (Å²) in [6.07, 6.45) is 0. The Kier molecular flexibility index (Phi) is 3.68. The number of hydrogen-bond donors (Lipinski definition) is 0. The lowest BCUT2D eigenvalue weighted by molar-refractivity contribution is 0.273. The van der Waals surface area contributed by atoms with Crippen LogP contribution in [0.25, 0.3) is 0 Å². The zero-order valence-corrected chi connectivity index (χ0v) is 13.0. The zero-order chi connectivity index (χ0) is 14.9. The lowest BCUT2D eigenvalue weighted by Gasteiger charge is -2.39. The molecule has 0 amide bonds. The predicted molar refractivity (Wildman–Crippen MR) is 93.7 cm³/mol. The summed E-state index contributed by atoms with van der Waals surface area (Å²) in [5.41, 5.74) is 2.59. The Morgan fingerprint density at radius 2 is 1.24 bits per heavy atom. The van der Waals surface area contributed by atoms with E-state index < -0.39 is 0 Å². The zero-order valence-electron chi connectivity index (χ0n) is 13.0. The highest BCUT2D eigenvalue weighted by Gasteiger charge is 2.38. The average molecular weight is 277 g/mol. The molecule has 0 spiro atoms. The molecule has 2 aromatic carbocycles. The van der Waals surface area contributed by atoms with Gasteiger partial charge in [-0.05, 0) is 45.0 Å². The smallest absolute Gasteiger partial charge is 0.359 e. The van der Waals surface area contributed by atoms with Gasteiger partial charge in [0.25, 0.3) is 0 Å². The third-order valence-corrected chi connectivity index (χ3v) is 3.85. The average Bonchev–Trinajstić information content (AvgIpc) is 2.94. The third kappa shape index (κ3) is 2.93. The van der Waals surface area contributed by atoms with E-state index in [1.165, 1.54) is 11.4 Å².